The van der Waals surface area contributed by atoms with E-state index in [4.69, 9.17) is 4.74 Å². The predicted octanol–water partition coefficient (Wildman–Crippen LogP) is 2.48. The number of rotatable bonds is 3. The van der Waals surface area contributed by atoms with Crippen LogP contribution in [0.2, 0.25) is 0 Å². The number of hydrogen-bond acceptors (Lipinski definition) is 2. The summed E-state index contributed by atoms with van der Waals surface area (Å²) in [6.45, 7) is 2.91. The molecule has 0 atom stereocenters. The van der Waals surface area contributed by atoms with Crippen molar-refractivity contribution < 1.29 is 9.53 Å². The summed E-state index contributed by atoms with van der Waals surface area (Å²) in [4.78, 5) is 10.9. The SMILES string of the molecule is CCn1cc(C=O)c2cc(OC)ccc21. The number of nitrogens with zero attached hydrogens (tertiary/aromatic N) is 1. The molecule has 0 fully saturated rings. The van der Waals surface area contributed by atoms with Crippen molar-refractivity contribution in [3.63, 3.8) is 0 Å². The molecule has 0 unspecified atom stereocenters. The quantitative estimate of drug-likeness (QED) is 0.717. The van der Waals surface area contributed by atoms with Gasteiger partial charge in [-0.05, 0) is 25.1 Å². The zero-order valence-corrected chi connectivity index (χ0v) is 8.86. The van der Waals surface area contributed by atoms with Gasteiger partial charge < -0.3 is 9.30 Å². The molecule has 0 amide bonds. The molecule has 0 radical (unpaired) electrons. The second kappa shape index (κ2) is 3.77. The Bertz CT molecular complexity index is 500. The maximum Gasteiger partial charge on any atom is 0.152 e. The highest BCUT2D eigenvalue weighted by atomic mass is 16.5. The van der Waals surface area contributed by atoms with Crippen molar-refractivity contribution in [2.24, 2.45) is 0 Å². The van der Waals surface area contributed by atoms with Crippen molar-refractivity contribution in [1.82, 2.24) is 4.57 Å². The minimum Gasteiger partial charge on any atom is -0.497 e. The number of aldehydes is 1. The Morgan fingerprint density at radius 1 is 1.47 bits per heavy atom. The van der Waals surface area contributed by atoms with Crippen LogP contribution in [0.4, 0.5) is 0 Å². The standard InChI is InChI=1S/C12H13NO2/c1-3-13-7-9(8-14)11-6-10(15-2)4-5-12(11)13/h4-8H,3H2,1-2H3. The van der Waals surface area contributed by atoms with Crippen molar-refractivity contribution in [3.05, 3.63) is 30.0 Å². The molecule has 0 spiro atoms. The molecule has 2 rings (SSSR count). The number of hydrogen-bond donors (Lipinski definition) is 0. The van der Waals surface area contributed by atoms with E-state index < -0.39 is 0 Å². The van der Waals surface area contributed by atoms with Crippen LogP contribution in [-0.2, 0) is 6.54 Å². The monoisotopic (exact) mass is 203 g/mol. The first-order valence-electron chi connectivity index (χ1n) is 4.92. The van der Waals surface area contributed by atoms with E-state index in [1.165, 1.54) is 0 Å². The zero-order valence-electron chi connectivity index (χ0n) is 8.86. The Morgan fingerprint density at radius 2 is 2.27 bits per heavy atom. The molecule has 1 aromatic heterocycles. The van der Waals surface area contributed by atoms with E-state index in [0.717, 1.165) is 29.5 Å². The lowest BCUT2D eigenvalue weighted by atomic mass is 10.2. The van der Waals surface area contributed by atoms with Crippen molar-refractivity contribution in [1.29, 1.82) is 0 Å². The van der Waals surface area contributed by atoms with Gasteiger partial charge in [0.15, 0.2) is 6.29 Å². The second-order valence-electron chi connectivity index (χ2n) is 3.37. The molecule has 1 heterocycles. The summed E-state index contributed by atoms with van der Waals surface area (Å²) in [5.41, 5.74) is 1.78. The van der Waals surface area contributed by atoms with Crippen molar-refractivity contribution in [3.8, 4) is 5.75 Å². The summed E-state index contributed by atoms with van der Waals surface area (Å²) in [7, 11) is 1.62. The summed E-state index contributed by atoms with van der Waals surface area (Å²) in [5, 5.41) is 0.950. The van der Waals surface area contributed by atoms with Gasteiger partial charge in [-0.15, -0.1) is 0 Å². The summed E-state index contributed by atoms with van der Waals surface area (Å²) in [5.74, 6) is 0.777. The highest BCUT2D eigenvalue weighted by Crippen LogP contribution is 2.24. The van der Waals surface area contributed by atoms with Crippen molar-refractivity contribution >= 4 is 17.2 Å². The normalized spacial score (nSPS) is 10.5. The number of benzene rings is 1. The molecule has 15 heavy (non-hydrogen) atoms. The van der Waals surface area contributed by atoms with Crippen LogP contribution in [0.5, 0.6) is 5.75 Å². The first-order valence-corrected chi connectivity index (χ1v) is 4.92. The van der Waals surface area contributed by atoms with E-state index in [-0.39, 0.29) is 0 Å². The molecule has 0 saturated heterocycles. The Kier molecular flexibility index (Phi) is 2.46. The fraction of sp³-hybridized carbons (Fsp3) is 0.250. The van der Waals surface area contributed by atoms with Crippen LogP contribution in [0.1, 0.15) is 17.3 Å². The van der Waals surface area contributed by atoms with Gasteiger partial charge in [-0.2, -0.15) is 0 Å². The molecule has 2 aromatic rings. The van der Waals surface area contributed by atoms with Gasteiger partial charge in [-0.3, -0.25) is 4.79 Å². The molecule has 0 saturated carbocycles. The first kappa shape index (κ1) is 9.77. The third-order valence-corrected chi connectivity index (χ3v) is 2.59. The molecular formula is C12H13NO2. The highest BCUT2D eigenvalue weighted by Gasteiger charge is 2.07. The lowest BCUT2D eigenvalue weighted by Gasteiger charge is -2.02. The maximum absolute atomic E-state index is 10.9. The topological polar surface area (TPSA) is 31.2 Å². The minimum atomic E-state index is 0.714. The van der Waals surface area contributed by atoms with E-state index in [1.807, 2.05) is 24.4 Å². The molecule has 3 heteroatoms. The van der Waals surface area contributed by atoms with Gasteiger partial charge in [-0.25, -0.2) is 0 Å². The number of carbonyl (C=O) groups is 1. The van der Waals surface area contributed by atoms with Crippen LogP contribution in [0.3, 0.4) is 0 Å². The van der Waals surface area contributed by atoms with Crippen LogP contribution in [-0.4, -0.2) is 18.0 Å². The minimum absolute atomic E-state index is 0.714. The molecule has 0 bridgehead atoms. The van der Waals surface area contributed by atoms with Crippen molar-refractivity contribution in [2.45, 2.75) is 13.5 Å². The number of ether oxygens (including phenoxy) is 1. The van der Waals surface area contributed by atoms with E-state index in [1.54, 1.807) is 7.11 Å². The van der Waals surface area contributed by atoms with Crippen LogP contribution in [0, 0.1) is 0 Å². The van der Waals surface area contributed by atoms with Crippen LogP contribution >= 0.6 is 0 Å². The Balaban J connectivity index is 2.73. The number of carbonyl (C=O) groups excluding carboxylic acids is 1. The number of aromatic nitrogens is 1. The molecule has 78 valence electrons. The van der Waals surface area contributed by atoms with Gasteiger partial charge in [0.05, 0.1) is 7.11 Å². The largest absolute Gasteiger partial charge is 0.497 e. The van der Waals surface area contributed by atoms with E-state index in [9.17, 15) is 4.79 Å². The molecule has 0 N–H and O–H groups in total. The Morgan fingerprint density at radius 3 is 2.87 bits per heavy atom. The average Bonchev–Trinajstić information content (AvgIpc) is 2.65. The Labute approximate surface area is 88.3 Å². The lowest BCUT2D eigenvalue weighted by molar-refractivity contribution is 0.112. The molecule has 0 aliphatic carbocycles. The predicted molar refractivity (Wildman–Crippen MR) is 59.6 cm³/mol. The highest BCUT2D eigenvalue weighted by molar-refractivity contribution is 5.98. The molecular weight excluding hydrogens is 190 g/mol. The first-order chi connectivity index (χ1) is 7.30. The van der Waals surface area contributed by atoms with Gasteiger partial charge in [0.2, 0.25) is 0 Å². The maximum atomic E-state index is 10.9. The van der Waals surface area contributed by atoms with Gasteiger partial charge in [0, 0.05) is 29.2 Å². The number of fused-ring (bicyclic) bond motifs is 1. The van der Waals surface area contributed by atoms with Gasteiger partial charge >= 0.3 is 0 Å². The number of methoxy groups -OCH3 is 1. The van der Waals surface area contributed by atoms with Gasteiger partial charge in [0.25, 0.3) is 0 Å². The van der Waals surface area contributed by atoms with E-state index >= 15 is 0 Å². The van der Waals surface area contributed by atoms with Crippen molar-refractivity contribution in [2.75, 3.05) is 7.11 Å². The molecule has 0 aliphatic heterocycles. The van der Waals surface area contributed by atoms with Crippen LogP contribution < -0.4 is 4.74 Å². The summed E-state index contributed by atoms with van der Waals surface area (Å²) in [6, 6.07) is 5.78. The zero-order chi connectivity index (χ0) is 10.8. The fourth-order valence-corrected chi connectivity index (χ4v) is 1.79. The molecule has 0 aliphatic rings. The van der Waals surface area contributed by atoms with Gasteiger partial charge in [-0.1, -0.05) is 0 Å². The smallest absolute Gasteiger partial charge is 0.152 e. The van der Waals surface area contributed by atoms with E-state index in [0.29, 0.717) is 5.56 Å². The Hall–Kier alpha value is -1.77. The summed E-state index contributed by atoms with van der Waals surface area (Å²) >= 11 is 0. The van der Waals surface area contributed by atoms with E-state index in [2.05, 4.69) is 11.5 Å². The summed E-state index contributed by atoms with van der Waals surface area (Å²) in [6.07, 6.45) is 2.76. The molecule has 1 aromatic carbocycles. The average molecular weight is 203 g/mol. The van der Waals surface area contributed by atoms with Crippen LogP contribution in [0.25, 0.3) is 10.9 Å². The fourth-order valence-electron chi connectivity index (χ4n) is 1.79. The summed E-state index contributed by atoms with van der Waals surface area (Å²) < 4.78 is 7.19. The number of aryl methyl sites for hydroxylation is 1. The third-order valence-electron chi connectivity index (χ3n) is 2.59. The molecule has 3 nitrogen and oxygen atoms in total. The second-order valence-corrected chi connectivity index (χ2v) is 3.37. The van der Waals surface area contributed by atoms with Gasteiger partial charge in [0.1, 0.15) is 5.75 Å². The lowest BCUT2D eigenvalue weighted by Crippen LogP contribution is -1.90. The third kappa shape index (κ3) is 1.50. The van der Waals surface area contributed by atoms with Crippen LogP contribution in [0.15, 0.2) is 24.4 Å².